The Morgan fingerprint density at radius 1 is 1.10 bits per heavy atom. The Bertz CT molecular complexity index is 767. The number of sulfone groups is 1. The summed E-state index contributed by atoms with van der Waals surface area (Å²) in [6.45, 7) is 2.34. The second-order valence-corrected chi connectivity index (χ2v) is 6.92. The van der Waals surface area contributed by atoms with Gasteiger partial charge in [-0.25, -0.2) is 8.42 Å². The molecule has 0 radical (unpaired) electrons. The number of benzene rings is 2. The van der Waals surface area contributed by atoms with E-state index in [1.165, 1.54) is 12.1 Å². The van der Waals surface area contributed by atoms with Crippen LogP contribution in [-0.2, 0) is 16.4 Å². The Balaban J connectivity index is 2.18. The molecule has 2 aromatic carbocycles. The summed E-state index contributed by atoms with van der Waals surface area (Å²) in [7, 11) is -3.43. The molecule has 0 bridgehead atoms. The molecule has 0 atom stereocenters. The summed E-state index contributed by atoms with van der Waals surface area (Å²) in [5, 5.41) is 2.75. The van der Waals surface area contributed by atoms with Crippen molar-refractivity contribution >= 4 is 15.7 Å². The van der Waals surface area contributed by atoms with Crippen LogP contribution in [0.1, 0.15) is 21.5 Å². The first kappa shape index (κ1) is 15.3. The fourth-order valence-corrected chi connectivity index (χ4v) is 2.96. The Morgan fingerprint density at radius 3 is 2.48 bits per heavy atom. The molecule has 0 aliphatic heterocycles. The summed E-state index contributed by atoms with van der Waals surface area (Å²) < 4.78 is 23.4. The third kappa shape index (κ3) is 3.92. The van der Waals surface area contributed by atoms with Gasteiger partial charge in [0.05, 0.1) is 10.5 Å². The van der Waals surface area contributed by atoms with Crippen molar-refractivity contribution in [3.63, 3.8) is 0 Å². The molecule has 1 N–H and O–H groups in total. The zero-order valence-corrected chi connectivity index (χ0v) is 12.8. The number of carbonyl (C=O) groups excluding carboxylic acids is 1. The number of carbonyl (C=O) groups is 1. The van der Waals surface area contributed by atoms with Gasteiger partial charge in [0.1, 0.15) is 0 Å². The molecule has 21 heavy (non-hydrogen) atoms. The van der Waals surface area contributed by atoms with E-state index < -0.39 is 15.7 Å². The molecule has 0 spiro atoms. The fourth-order valence-electron chi connectivity index (χ4n) is 2.08. The quantitative estimate of drug-likeness (QED) is 0.943. The molecule has 2 rings (SSSR count). The highest BCUT2D eigenvalue weighted by Gasteiger charge is 2.17. The van der Waals surface area contributed by atoms with Crippen molar-refractivity contribution in [2.45, 2.75) is 18.4 Å². The van der Waals surface area contributed by atoms with Crippen LogP contribution in [-0.4, -0.2) is 20.6 Å². The van der Waals surface area contributed by atoms with E-state index in [1.807, 2.05) is 31.2 Å². The molecule has 0 saturated carbocycles. The Hall–Kier alpha value is -2.14. The van der Waals surface area contributed by atoms with Crippen molar-refractivity contribution in [2.75, 3.05) is 6.26 Å². The Labute approximate surface area is 124 Å². The fraction of sp³-hybridized carbons (Fsp3) is 0.188. The van der Waals surface area contributed by atoms with E-state index in [1.54, 1.807) is 12.1 Å². The second kappa shape index (κ2) is 6.10. The standard InChI is InChI=1S/C16H17NO3S/c1-12-6-5-7-13(10-12)11-17-16(18)14-8-3-4-9-15(14)21(2,19)20/h3-10H,11H2,1-2H3,(H,17,18). The summed E-state index contributed by atoms with van der Waals surface area (Å²) >= 11 is 0. The lowest BCUT2D eigenvalue weighted by Crippen LogP contribution is -2.24. The van der Waals surface area contributed by atoms with Gasteiger partial charge < -0.3 is 5.32 Å². The van der Waals surface area contributed by atoms with Crippen LogP contribution in [0.3, 0.4) is 0 Å². The minimum Gasteiger partial charge on any atom is -0.348 e. The Morgan fingerprint density at radius 2 is 1.81 bits per heavy atom. The maximum atomic E-state index is 12.2. The van der Waals surface area contributed by atoms with E-state index in [4.69, 9.17) is 0 Å². The molecule has 0 unspecified atom stereocenters. The summed E-state index contributed by atoms with van der Waals surface area (Å²) in [5.74, 6) is -0.391. The first-order valence-electron chi connectivity index (χ1n) is 6.51. The summed E-state index contributed by atoms with van der Waals surface area (Å²) in [6, 6.07) is 14.0. The van der Waals surface area contributed by atoms with Crippen molar-refractivity contribution in [2.24, 2.45) is 0 Å². The first-order chi connectivity index (χ1) is 9.88. The van der Waals surface area contributed by atoms with Crippen molar-refractivity contribution < 1.29 is 13.2 Å². The first-order valence-corrected chi connectivity index (χ1v) is 8.40. The molecule has 0 aliphatic rings. The molecule has 1 amide bonds. The molecular weight excluding hydrogens is 286 g/mol. The monoisotopic (exact) mass is 303 g/mol. The average Bonchev–Trinajstić information content (AvgIpc) is 2.44. The third-order valence-electron chi connectivity index (χ3n) is 3.07. The topological polar surface area (TPSA) is 63.2 Å². The molecule has 0 aromatic heterocycles. The molecule has 110 valence electrons. The maximum absolute atomic E-state index is 12.2. The van der Waals surface area contributed by atoms with Crippen LogP contribution < -0.4 is 5.32 Å². The molecule has 0 heterocycles. The summed E-state index contributed by atoms with van der Waals surface area (Å²) in [5.41, 5.74) is 2.26. The minimum absolute atomic E-state index is 0.0479. The number of amides is 1. The van der Waals surface area contributed by atoms with Crippen LogP contribution in [0.5, 0.6) is 0 Å². The van der Waals surface area contributed by atoms with Crippen molar-refractivity contribution in [3.8, 4) is 0 Å². The van der Waals surface area contributed by atoms with Gasteiger partial charge in [-0.05, 0) is 24.6 Å². The molecule has 0 aliphatic carbocycles. The van der Waals surface area contributed by atoms with Gasteiger partial charge in [0.15, 0.2) is 9.84 Å². The van der Waals surface area contributed by atoms with E-state index in [0.717, 1.165) is 17.4 Å². The predicted octanol–water partition coefficient (Wildman–Crippen LogP) is 2.33. The maximum Gasteiger partial charge on any atom is 0.252 e. The van der Waals surface area contributed by atoms with Crippen molar-refractivity contribution in [1.29, 1.82) is 0 Å². The van der Waals surface area contributed by atoms with Gasteiger partial charge in [-0.15, -0.1) is 0 Å². The number of aryl methyl sites for hydroxylation is 1. The number of rotatable bonds is 4. The minimum atomic E-state index is -3.43. The van der Waals surface area contributed by atoms with Gasteiger partial charge in [-0.1, -0.05) is 42.0 Å². The molecular formula is C16H17NO3S. The van der Waals surface area contributed by atoms with Crippen LogP contribution >= 0.6 is 0 Å². The average molecular weight is 303 g/mol. The SMILES string of the molecule is Cc1cccc(CNC(=O)c2ccccc2S(C)(=O)=O)c1. The van der Waals surface area contributed by atoms with Gasteiger partial charge >= 0.3 is 0 Å². The number of hydrogen-bond donors (Lipinski definition) is 1. The largest absolute Gasteiger partial charge is 0.348 e. The van der Waals surface area contributed by atoms with E-state index in [2.05, 4.69) is 5.32 Å². The zero-order valence-electron chi connectivity index (χ0n) is 12.0. The third-order valence-corrected chi connectivity index (χ3v) is 4.22. The predicted molar refractivity (Wildman–Crippen MR) is 81.9 cm³/mol. The number of nitrogens with one attached hydrogen (secondary N) is 1. The van der Waals surface area contributed by atoms with Crippen LogP contribution in [0.2, 0.25) is 0 Å². The van der Waals surface area contributed by atoms with Crippen LogP contribution in [0.4, 0.5) is 0 Å². The highest BCUT2D eigenvalue weighted by Crippen LogP contribution is 2.15. The van der Waals surface area contributed by atoms with Crippen LogP contribution in [0.25, 0.3) is 0 Å². The van der Waals surface area contributed by atoms with Crippen LogP contribution in [0.15, 0.2) is 53.4 Å². The normalized spacial score (nSPS) is 11.1. The lowest BCUT2D eigenvalue weighted by Gasteiger charge is -2.09. The Kier molecular flexibility index (Phi) is 4.43. The molecule has 5 heteroatoms. The highest BCUT2D eigenvalue weighted by molar-refractivity contribution is 7.90. The lowest BCUT2D eigenvalue weighted by molar-refractivity contribution is 0.0947. The molecule has 4 nitrogen and oxygen atoms in total. The van der Waals surface area contributed by atoms with Gasteiger partial charge in [0.25, 0.3) is 5.91 Å². The summed E-state index contributed by atoms with van der Waals surface area (Å²) in [6.07, 6.45) is 1.10. The van der Waals surface area contributed by atoms with E-state index in [9.17, 15) is 13.2 Å². The summed E-state index contributed by atoms with van der Waals surface area (Å²) in [4.78, 5) is 12.2. The van der Waals surface area contributed by atoms with Gasteiger partial charge in [-0.3, -0.25) is 4.79 Å². The van der Waals surface area contributed by atoms with Gasteiger partial charge in [0.2, 0.25) is 0 Å². The second-order valence-electron chi connectivity index (χ2n) is 4.94. The van der Waals surface area contributed by atoms with Gasteiger partial charge in [-0.2, -0.15) is 0 Å². The zero-order chi connectivity index (χ0) is 15.5. The van der Waals surface area contributed by atoms with Crippen molar-refractivity contribution in [1.82, 2.24) is 5.32 Å². The highest BCUT2D eigenvalue weighted by atomic mass is 32.2. The van der Waals surface area contributed by atoms with Crippen molar-refractivity contribution in [3.05, 3.63) is 65.2 Å². The van der Waals surface area contributed by atoms with E-state index in [-0.39, 0.29) is 10.5 Å². The number of hydrogen-bond acceptors (Lipinski definition) is 3. The molecule has 0 fully saturated rings. The van der Waals surface area contributed by atoms with Crippen LogP contribution in [0, 0.1) is 6.92 Å². The lowest BCUT2D eigenvalue weighted by atomic mass is 10.1. The smallest absolute Gasteiger partial charge is 0.252 e. The molecule has 0 saturated heterocycles. The van der Waals surface area contributed by atoms with E-state index >= 15 is 0 Å². The van der Waals surface area contributed by atoms with Gasteiger partial charge in [0, 0.05) is 12.8 Å². The van der Waals surface area contributed by atoms with E-state index in [0.29, 0.717) is 6.54 Å². The molecule has 2 aromatic rings.